The van der Waals surface area contributed by atoms with Crippen LogP contribution in [0.2, 0.25) is 0 Å². The molecule has 1 fully saturated rings. The van der Waals surface area contributed by atoms with Crippen molar-refractivity contribution in [3.05, 3.63) is 0 Å². The molecule has 2 N–H and O–H groups in total. The fourth-order valence-electron chi connectivity index (χ4n) is 3.32. The number of piperidine rings is 1. The Morgan fingerprint density at radius 3 is 2.20 bits per heavy atom. The second-order valence-electron chi connectivity index (χ2n) is 7.90. The van der Waals surface area contributed by atoms with Gasteiger partial charge in [0.1, 0.15) is 0 Å². The number of amides is 1. The third kappa shape index (κ3) is 8.80. The molecule has 1 saturated heterocycles. The molecule has 3 nitrogen and oxygen atoms in total. The highest BCUT2D eigenvalue weighted by Crippen LogP contribution is 2.27. The minimum absolute atomic E-state index is 0. The molecule has 0 radical (unpaired) electrons. The Balaban J connectivity index is 0.00000361. The zero-order chi connectivity index (χ0) is 14.5. The maximum absolute atomic E-state index is 12.1. The zero-order valence-electron chi connectivity index (χ0n) is 13.8. The van der Waals surface area contributed by atoms with Crippen molar-refractivity contribution < 1.29 is 4.79 Å². The first kappa shape index (κ1) is 19.7. The number of halogens is 1. The molecule has 0 aromatic rings. The predicted octanol–water partition coefficient (Wildman–Crippen LogP) is 3.52. The Hall–Kier alpha value is -0.280. The van der Waals surface area contributed by atoms with Crippen LogP contribution in [0, 0.1) is 11.3 Å². The summed E-state index contributed by atoms with van der Waals surface area (Å²) in [5, 5.41) is 6.56. The highest BCUT2D eigenvalue weighted by atomic mass is 35.5. The largest absolute Gasteiger partial charge is 0.351 e. The standard InChI is InChI=1S/C16H32N2O.ClH/c1-15(2,3)12-16(4,5)18-14(19)7-6-13-8-10-17-11-9-13;/h13,17H,6-12H2,1-5H3,(H,18,19);1H. The molecule has 120 valence electrons. The summed E-state index contributed by atoms with van der Waals surface area (Å²) in [5.41, 5.74) is 0.134. The van der Waals surface area contributed by atoms with E-state index < -0.39 is 0 Å². The van der Waals surface area contributed by atoms with E-state index in [0.29, 0.717) is 6.42 Å². The molecule has 4 heteroatoms. The first-order chi connectivity index (χ1) is 8.68. The first-order valence-electron chi connectivity index (χ1n) is 7.70. The highest BCUT2D eigenvalue weighted by molar-refractivity contribution is 5.85. The molecule has 0 aromatic heterocycles. The van der Waals surface area contributed by atoms with Crippen molar-refractivity contribution in [2.45, 2.75) is 72.3 Å². The summed E-state index contributed by atoms with van der Waals surface area (Å²) in [6.07, 6.45) is 5.16. The molecule has 20 heavy (non-hydrogen) atoms. The lowest BCUT2D eigenvalue weighted by atomic mass is 9.81. The van der Waals surface area contributed by atoms with Gasteiger partial charge in [-0.25, -0.2) is 0 Å². The van der Waals surface area contributed by atoms with E-state index in [0.717, 1.165) is 31.8 Å². The SMILES string of the molecule is CC(C)(C)CC(C)(C)NC(=O)CCC1CCNCC1.Cl. The van der Waals surface area contributed by atoms with Crippen molar-refractivity contribution in [3.63, 3.8) is 0 Å². The lowest BCUT2D eigenvalue weighted by molar-refractivity contribution is -0.123. The molecule has 1 amide bonds. The second-order valence-corrected chi connectivity index (χ2v) is 7.90. The zero-order valence-corrected chi connectivity index (χ0v) is 14.7. The van der Waals surface area contributed by atoms with Gasteiger partial charge in [0, 0.05) is 12.0 Å². The molecular formula is C16H33ClN2O. The van der Waals surface area contributed by atoms with Crippen LogP contribution >= 0.6 is 12.4 Å². The van der Waals surface area contributed by atoms with Crippen molar-refractivity contribution in [1.29, 1.82) is 0 Å². The van der Waals surface area contributed by atoms with Gasteiger partial charge >= 0.3 is 0 Å². The van der Waals surface area contributed by atoms with Gasteiger partial charge in [-0.05, 0) is 64.0 Å². The number of nitrogens with one attached hydrogen (secondary N) is 2. The minimum atomic E-state index is -0.108. The topological polar surface area (TPSA) is 41.1 Å². The maximum atomic E-state index is 12.1. The van der Waals surface area contributed by atoms with Crippen LogP contribution in [0.15, 0.2) is 0 Å². The van der Waals surface area contributed by atoms with Gasteiger partial charge in [-0.3, -0.25) is 4.79 Å². The maximum Gasteiger partial charge on any atom is 0.220 e. The summed E-state index contributed by atoms with van der Waals surface area (Å²) in [4.78, 5) is 12.1. The minimum Gasteiger partial charge on any atom is -0.351 e. The van der Waals surface area contributed by atoms with Gasteiger partial charge in [0.05, 0.1) is 0 Å². The lowest BCUT2D eigenvalue weighted by Crippen LogP contribution is -2.45. The van der Waals surface area contributed by atoms with Crippen LogP contribution < -0.4 is 10.6 Å². The highest BCUT2D eigenvalue weighted by Gasteiger charge is 2.27. The first-order valence-corrected chi connectivity index (χ1v) is 7.70. The Labute approximate surface area is 131 Å². The van der Waals surface area contributed by atoms with Crippen molar-refractivity contribution in [3.8, 4) is 0 Å². The molecular weight excluding hydrogens is 272 g/mol. The smallest absolute Gasteiger partial charge is 0.220 e. The van der Waals surface area contributed by atoms with E-state index in [2.05, 4.69) is 45.3 Å². The quantitative estimate of drug-likeness (QED) is 0.816. The number of hydrogen-bond acceptors (Lipinski definition) is 2. The summed E-state index contributed by atoms with van der Waals surface area (Å²) in [6, 6.07) is 0. The van der Waals surface area contributed by atoms with Crippen molar-refractivity contribution in [2.75, 3.05) is 13.1 Å². The molecule has 1 aliphatic heterocycles. The van der Waals surface area contributed by atoms with Gasteiger partial charge in [-0.15, -0.1) is 12.4 Å². The van der Waals surface area contributed by atoms with Crippen LogP contribution in [0.1, 0.15) is 66.7 Å². The molecule has 1 heterocycles. The van der Waals surface area contributed by atoms with E-state index >= 15 is 0 Å². The Kier molecular flexibility index (Phi) is 8.12. The normalized spacial score (nSPS) is 17.4. The monoisotopic (exact) mass is 304 g/mol. The van der Waals surface area contributed by atoms with Crippen molar-refractivity contribution >= 4 is 18.3 Å². The molecule has 0 saturated carbocycles. The Morgan fingerprint density at radius 2 is 1.70 bits per heavy atom. The summed E-state index contributed by atoms with van der Waals surface area (Å²) in [6.45, 7) is 13.1. The molecule has 0 aromatic carbocycles. The van der Waals surface area contributed by atoms with Gasteiger partial charge in [0.15, 0.2) is 0 Å². The van der Waals surface area contributed by atoms with Crippen molar-refractivity contribution in [2.24, 2.45) is 11.3 Å². The second kappa shape index (κ2) is 8.23. The third-order valence-corrected chi connectivity index (χ3v) is 3.69. The third-order valence-electron chi connectivity index (χ3n) is 3.69. The van der Waals surface area contributed by atoms with Gasteiger partial charge in [0.25, 0.3) is 0 Å². The van der Waals surface area contributed by atoms with E-state index in [1.165, 1.54) is 12.8 Å². The number of rotatable bonds is 5. The van der Waals surface area contributed by atoms with E-state index in [-0.39, 0.29) is 29.3 Å². The van der Waals surface area contributed by atoms with Gasteiger partial charge in [-0.1, -0.05) is 20.8 Å². The van der Waals surface area contributed by atoms with Crippen LogP contribution in [0.5, 0.6) is 0 Å². The number of hydrogen-bond donors (Lipinski definition) is 2. The molecule has 1 rings (SSSR count). The number of carbonyl (C=O) groups is 1. The predicted molar refractivity (Wildman–Crippen MR) is 88.4 cm³/mol. The fourth-order valence-corrected chi connectivity index (χ4v) is 3.32. The Morgan fingerprint density at radius 1 is 1.15 bits per heavy atom. The average Bonchev–Trinajstić information content (AvgIpc) is 2.23. The van der Waals surface area contributed by atoms with Gasteiger partial charge < -0.3 is 10.6 Å². The molecule has 0 atom stereocenters. The summed E-state index contributed by atoms with van der Waals surface area (Å²) in [5.74, 6) is 0.950. The van der Waals surface area contributed by atoms with Gasteiger partial charge in [0.2, 0.25) is 5.91 Å². The van der Waals surface area contributed by atoms with E-state index in [1.54, 1.807) is 0 Å². The van der Waals surface area contributed by atoms with Crippen LogP contribution in [0.4, 0.5) is 0 Å². The molecule has 1 aliphatic rings. The van der Waals surface area contributed by atoms with E-state index in [9.17, 15) is 4.79 Å². The molecule has 0 spiro atoms. The van der Waals surface area contributed by atoms with Gasteiger partial charge in [-0.2, -0.15) is 0 Å². The summed E-state index contributed by atoms with van der Waals surface area (Å²) in [7, 11) is 0. The van der Waals surface area contributed by atoms with E-state index in [1.807, 2.05) is 0 Å². The van der Waals surface area contributed by atoms with E-state index in [4.69, 9.17) is 0 Å². The van der Waals surface area contributed by atoms with Crippen LogP contribution in [-0.2, 0) is 4.79 Å². The number of carbonyl (C=O) groups excluding carboxylic acids is 1. The molecule has 0 unspecified atom stereocenters. The fraction of sp³-hybridized carbons (Fsp3) is 0.938. The van der Waals surface area contributed by atoms with Crippen molar-refractivity contribution in [1.82, 2.24) is 10.6 Å². The van der Waals surface area contributed by atoms with Crippen LogP contribution in [0.25, 0.3) is 0 Å². The average molecular weight is 305 g/mol. The molecule has 0 bridgehead atoms. The van der Waals surface area contributed by atoms with Crippen LogP contribution in [0.3, 0.4) is 0 Å². The lowest BCUT2D eigenvalue weighted by Gasteiger charge is -2.33. The van der Waals surface area contributed by atoms with Crippen LogP contribution in [-0.4, -0.2) is 24.5 Å². The Bertz CT molecular complexity index is 291. The molecule has 0 aliphatic carbocycles. The summed E-state index contributed by atoms with van der Waals surface area (Å²) < 4.78 is 0. The summed E-state index contributed by atoms with van der Waals surface area (Å²) >= 11 is 0.